The first kappa shape index (κ1) is 21.8. The van der Waals surface area contributed by atoms with Crippen LogP contribution in [0, 0.1) is 0 Å². The number of sulfone groups is 1. The standard InChI is InChI=1S/C24H30N2O4S/c1-24-11-12-25(2)21(14-17-7-8-18(27)15-20(17)24)23(24)26(3)22(28)13-16-5-9-19(10-6-16)31(4,29)30/h5-10,15,21,23,27H,11-14H2,1-4H3/t21-,23-,24?/m1/s1. The molecule has 0 aromatic heterocycles. The summed E-state index contributed by atoms with van der Waals surface area (Å²) in [6.07, 6.45) is 3.14. The Kier molecular flexibility index (Phi) is 5.38. The summed E-state index contributed by atoms with van der Waals surface area (Å²) in [4.78, 5) is 17.8. The third-order valence-corrected chi connectivity index (χ3v) is 8.35. The Labute approximate surface area is 184 Å². The fraction of sp³-hybridized carbons (Fsp3) is 0.458. The van der Waals surface area contributed by atoms with Gasteiger partial charge < -0.3 is 14.9 Å². The number of carbonyl (C=O) groups is 1. The van der Waals surface area contributed by atoms with Crippen LogP contribution in [0.25, 0.3) is 0 Å². The van der Waals surface area contributed by atoms with Crippen LogP contribution in [0.3, 0.4) is 0 Å². The topological polar surface area (TPSA) is 77.9 Å². The molecule has 1 unspecified atom stereocenters. The Morgan fingerprint density at radius 2 is 1.90 bits per heavy atom. The molecule has 1 fully saturated rings. The second-order valence-electron chi connectivity index (χ2n) is 9.30. The SMILES string of the molecule is CN1CCC2(C)c3cc(O)ccc3C[C@@H]1[C@H]2N(C)C(=O)Cc1ccc(S(C)(=O)=O)cc1. The molecule has 1 amide bonds. The molecule has 0 saturated carbocycles. The Bertz CT molecular complexity index is 1110. The van der Waals surface area contributed by atoms with E-state index >= 15 is 0 Å². The second kappa shape index (κ2) is 7.64. The van der Waals surface area contributed by atoms with E-state index in [9.17, 15) is 18.3 Å². The lowest BCUT2D eigenvalue weighted by Gasteiger charge is -2.57. The lowest BCUT2D eigenvalue weighted by atomic mass is 9.61. The number of hydrogen-bond acceptors (Lipinski definition) is 5. The molecule has 3 atom stereocenters. The van der Waals surface area contributed by atoms with Crippen LogP contribution in [0.2, 0.25) is 0 Å². The molecule has 31 heavy (non-hydrogen) atoms. The van der Waals surface area contributed by atoms with E-state index in [4.69, 9.17) is 0 Å². The van der Waals surface area contributed by atoms with Crippen molar-refractivity contribution >= 4 is 15.7 Å². The van der Waals surface area contributed by atoms with Crippen LogP contribution in [0.1, 0.15) is 30.0 Å². The van der Waals surface area contributed by atoms with Gasteiger partial charge in [-0.25, -0.2) is 8.42 Å². The zero-order chi connectivity index (χ0) is 22.6. The van der Waals surface area contributed by atoms with E-state index < -0.39 is 9.84 Å². The third kappa shape index (κ3) is 3.85. The van der Waals surface area contributed by atoms with E-state index in [1.54, 1.807) is 30.3 Å². The van der Waals surface area contributed by atoms with Gasteiger partial charge in [-0.1, -0.05) is 25.1 Å². The lowest BCUT2D eigenvalue weighted by molar-refractivity contribution is -0.136. The Hall–Kier alpha value is -2.38. The highest BCUT2D eigenvalue weighted by Gasteiger charge is 2.52. The number of hydrogen-bond donors (Lipinski definition) is 1. The van der Waals surface area contributed by atoms with E-state index in [1.165, 1.54) is 11.8 Å². The van der Waals surface area contributed by atoms with Gasteiger partial charge in [0.2, 0.25) is 5.91 Å². The average Bonchev–Trinajstić information content (AvgIpc) is 2.71. The maximum absolute atomic E-state index is 13.3. The summed E-state index contributed by atoms with van der Waals surface area (Å²) < 4.78 is 23.4. The zero-order valence-electron chi connectivity index (χ0n) is 18.5. The van der Waals surface area contributed by atoms with Crippen molar-refractivity contribution in [3.8, 4) is 5.75 Å². The van der Waals surface area contributed by atoms with E-state index in [0.29, 0.717) is 0 Å². The van der Waals surface area contributed by atoms with Crippen molar-refractivity contribution in [2.45, 2.75) is 48.6 Å². The molecule has 166 valence electrons. The average molecular weight is 443 g/mol. The molecule has 2 bridgehead atoms. The van der Waals surface area contributed by atoms with E-state index in [2.05, 4.69) is 18.9 Å². The largest absolute Gasteiger partial charge is 0.508 e. The Morgan fingerprint density at radius 1 is 1.23 bits per heavy atom. The maximum Gasteiger partial charge on any atom is 0.227 e. The van der Waals surface area contributed by atoms with Gasteiger partial charge in [-0.05, 0) is 67.4 Å². The van der Waals surface area contributed by atoms with Gasteiger partial charge >= 0.3 is 0 Å². The summed E-state index contributed by atoms with van der Waals surface area (Å²) in [5.41, 5.74) is 2.93. The monoisotopic (exact) mass is 442 g/mol. The lowest BCUT2D eigenvalue weighted by Crippen LogP contribution is -2.67. The number of phenols is 1. The predicted octanol–water partition coefficient (Wildman–Crippen LogP) is 2.38. The molecule has 1 heterocycles. The molecule has 2 aromatic carbocycles. The Morgan fingerprint density at radius 3 is 2.55 bits per heavy atom. The number of nitrogens with zero attached hydrogens (tertiary/aromatic N) is 2. The molecule has 4 rings (SSSR count). The van der Waals surface area contributed by atoms with Crippen LogP contribution in [-0.2, 0) is 32.9 Å². The summed E-state index contributed by atoms with van der Waals surface area (Å²) in [7, 11) is 0.728. The number of fused-ring (bicyclic) bond motifs is 4. The van der Waals surface area contributed by atoms with Crippen molar-refractivity contribution in [2.75, 3.05) is 26.9 Å². The summed E-state index contributed by atoms with van der Waals surface area (Å²) in [5.74, 6) is 0.267. The first-order valence-corrected chi connectivity index (χ1v) is 12.5. The van der Waals surface area contributed by atoms with Crippen molar-refractivity contribution in [3.63, 3.8) is 0 Å². The van der Waals surface area contributed by atoms with Gasteiger partial charge in [-0.15, -0.1) is 0 Å². The third-order valence-electron chi connectivity index (χ3n) is 7.22. The fourth-order valence-electron chi connectivity index (χ4n) is 5.44. The van der Waals surface area contributed by atoms with E-state index in [-0.39, 0.29) is 40.5 Å². The van der Waals surface area contributed by atoms with Gasteiger partial charge in [0.15, 0.2) is 9.84 Å². The van der Waals surface area contributed by atoms with Crippen LogP contribution < -0.4 is 0 Å². The van der Waals surface area contributed by atoms with E-state index in [0.717, 1.165) is 30.5 Å². The van der Waals surface area contributed by atoms with Crippen LogP contribution in [-0.4, -0.2) is 68.2 Å². The minimum Gasteiger partial charge on any atom is -0.508 e. The minimum atomic E-state index is -3.26. The maximum atomic E-state index is 13.3. The molecular formula is C24H30N2O4S. The molecule has 6 nitrogen and oxygen atoms in total. The minimum absolute atomic E-state index is 0.00670. The van der Waals surface area contributed by atoms with Crippen molar-refractivity contribution < 1.29 is 18.3 Å². The molecule has 0 spiro atoms. The smallest absolute Gasteiger partial charge is 0.227 e. The van der Waals surface area contributed by atoms with Crippen molar-refractivity contribution in [2.24, 2.45) is 0 Å². The number of likely N-dealkylation sites (N-methyl/N-ethyl adjacent to an activating group) is 2. The second-order valence-corrected chi connectivity index (χ2v) is 11.3. The predicted molar refractivity (Wildman–Crippen MR) is 120 cm³/mol. The van der Waals surface area contributed by atoms with Crippen molar-refractivity contribution in [1.29, 1.82) is 0 Å². The Balaban J connectivity index is 1.62. The number of rotatable bonds is 4. The molecule has 1 aliphatic carbocycles. The number of aromatic hydroxyl groups is 1. The van der Waals surface area contributed by atoms with Gasteiger partial charge in [0.1, 0.15) is 5.75 Å². The fourth-order valence-corrected chi connectivity index (χ4v) is 6.07. The molecule has 1 saturated heterocycles. The highest BCUT2D eigenvalue weighted by atomic mass is 32.2. The van der Waals surface area contributed by atoms with Crippen LogP contribution in [0.15, 0.2) is 47.4 Å². The highest BCUT2D eigenvalue weighted by Crippen LogP contribution is 2.47. The van der Waals surface area contributed by atoms with Crippen LogP contribution >= 0.6 is 0 Å². The highest BCUT2D eigenvalue weighted by molar-refractivity contribution is 7.90. The molecule has 1 aliphatic heterocycles. The number of benzene rings is 2. The number of piperidine rings is 1. The van der Waals surface area contributed by atoms with Crippen LogP contribution in [0.5, 0.6) is 5.75 Å². The van der Waals surface area contributed by atoms with Crippen molar-refractivity contribution in [1.82, 2.24) is 9.80 Å². The quantitative estimate of drug-likeness (QED) is 0.787. The number of carbonyl (C=O) groups excluding carboxylic acids is 1. The summed E-state index contributed by atoms with van der Waals surface area (Å²) >= 11 is 0. The molecule has 2 aromatic rings. The number of phenolic OH excluding ortho intramolecular Hbond substituents is 1. The van der Waals surface area contributed by atoms with Gasteiger partial charge in [-0.3, -0.25) is 4.79 Å². The van der Waals surface area contributed by atoms with Gasteiger partial charge in [0, 0.05) is 24.8 Å². The van der Waals surface area contributed by atoms with Crippen LogP contribution in [0.4, 0.5) is 0 Å². The normalized spacial score (nSPS) is 25.7. The number of likely N-dealkylation sites (tertiary alicyclic amines) is 1. The first-order valence-electron chi connectivity index (χ1n) is 10.6. The molecule has 0 radical (unpaired) electrons. The molecule has 1 N–H and O–H groups in total. The van der Waals surface area contributed by atoms with Gasteiger partial charge in [0.05, 0.1) is 17.4 Å². The van der Waals surface area contributed by atoms with Gasteiger partial charge in [0.25, 0.3) is 0 Å². The van der Waals surface area contributed by atoms with E-state index in [1.807, 2.05) is 24.1 Å². The van der Waals surface area contributed by atoms with Crippen molar-refractivity contribution in [3.05, 3.63) is 59.2 Å². The first-order chi connectivity index (χ1) is 14.5. The molecular weight excluding hydrogens is 412 g/mol. The molecule has 2 aliphatic rings. The summed E-state index contributed by atoms with van der Waals surface area (Å²) in [6.45, 7) is 3.15. The number of amides is 1. The van der Waals surface area contributed by atoms with Gasteiger partial charge in [-0.2, -0.15) is 0 Å². The summed E-state index contributed by atoms with van der Waals surface area (Å²) in [5, 5.41) is 10.1. The summed E-state index contributed by atoms with van der Waals surface area (Å²) in [6, 6.07) is 12.4. The molecule has 7 heteroatoms. The zero-order valence-corrected chi connectivity index (χ0v) is 19.3.